The van der Waals surface area contributed by atoms with Crippen LogP contribution in [0.5, 0.6) is 0 Å². The van der Waals surface area contributed by atoms with Crippen molar-refractivity contribution in [3.63, 3.8) is 0 Å². The molecule has 1 amide bonds. The van der Waals surface area contributed by atoms with Crippen molar-refractivity contribution in [3.8, 4) is 11.3 Å². The molecule has 0 aliphatic heterocycles. The van der Waals surface area contributed by atoms with Gasteiger partial charge in [0, 0.05) is 37.3 Å². The van der Waals surface area contributed by atoms with Gasteiger partial charge in [0.1, 0.15) is 5.82 Å². The monoisotopic (exact) mass is 452 g/mol. The zero-order valence-electron chi connectivity index (χ0n) is 18.4. The van der Waals surface area contributed by atoms with E-state index in [4.69, 9.17) is 5.73 Å². The summed E-state index contributed by atoms with van der Waals surface area (Å²) in [5.74, 6) is 0.729. The van der Waals surface area contributed by atoms with Gasteiger partial charge in [-0.3, -0.25) is 4.79 Å². The minimum absolute atomic E-state index is 0.143. The number of nitrogen functional groups attached to an aromatic ring is 1. The number of hydrogen-bond donors (Lipinski definition) is 4. The highest BCUT2D eigenvalue weighted by Gasteiger charge is 2.11. The van der Waals surface area contributed by atoms with Gasteiger partial charge in [0.15, 0.2) is 4.90 Å². The van der Waals surface area contributed by atoms with Gasteiger partial charge in [-0.25, -0.2) is 4.98 Å². The number of nitrogens with one attached hydrogen (secondary N) is 3. The maximum atomic E-state index is 12.4. The molecule has 0 saturated carbocycles. The summed E-state index contributed by atoms with van der Waals surface area (Å²) in [7, 11) is 0. The lowest BCUT2D eigenvalue weighted by atomic mass is 10.0. The minimum Gasteiger partial charge on any atom is -0.593 e. The van der Waals surface area contributed by atoms with Gasteiger partial charge in [0.05, 0.1) is 17.1 Å². The van der Waals surface area contributed by atoms with E-state index in [1.807, 2.05) is 18.2 Å². The van der Waals surface area contributed by atoms with Crippen LogP contribution in [0, 0.1) is 13.8 Å². The maximum Gasteiger partial charge on any atom is 0.222 e. The number of aryl methyl sites for hydroxylation is 1. The summed E-state index contributed by atoms with van der Waals surface area (Å²) >= 11 is -1.33. The average molecular weight is 453 g/mol. The third kappa shape index (κ3) is 6.43. The van der Waals surface area contributed by atoms with E-state index < -0.39 is 11.4 Å². The van der Waals surface area contributed by atoms with Crippen molar-refractivity contribution in [2.75, 3.05) is 29.5 Å². The minimum atomic E-state index is -1.33. The van der Waals surface area contributed by atoms with Crippen LogP contribution in [-0.4, -0.2) is 33.5 Å². The molecule has 0 bridgehead atoms. The van der Waals surface area contributed by atoms with Crippen molar-refractivity contribution in [1.29, 1.82) is 0 Å². The van der Waals surface area contributed by atoms with Crippen molar-refractivity contribution >= 4 is 34.7 Å². The predicted molar refractivity (Wildman–Crippen MR) is 130 cm³/mol. The molecule has 2 aromatic carbocycles. The quantitative estimate of drug-likeness (QED) is 0.289. The Kier molecular flexibility index (Phi) is 8.04. The molecule has 168 valence electrons. The van der Waals surface area contributed by atoms with Crippen LogP contribution in [0.2, 0.25) is 0 Å². The molecule has 0 fully saturated rings. The first-order valence-corrected chi connectivity index (χ1v) is 11.5. The normalized spacial score (nSPS) is 11.8. The Hall–Kier alpha value is -3.14. The van der Waals surface area contributed by atoms with Crippen LogP contribution in [-0.2, 0) is 16.2 Å². The molecule has 0 saturated heterocycles. The number of benzene rings is 2. The second-order valence-electron chi connectivity index (χ2n) is 7.39. The lowest BCUT2D eigenvalue weighted by Gasteiger charge is -2.13. The molecular formula is C23H28N6O2S. The standard InChI is InChI=1S/C23H28N6O2S/c1-15-6-4-7-20(16(15)2)21-14-22(29-23(24)28-21)25-12-5-13-26-32(31)19-10-8-18(9-11-19)27-17(3)30/h4,6-11,14,26H,5,12-13H2,1-3H3,(H,27,30)(H3,24,25,28,29). The van der Waals surface area contributed by atoms with E-state index in [-0.39, 0.29) is 11.9 Å². The number of nitrogens with zero attached hydrogens (tertiary/aromatic N) is 2. The molecule has 0 aliphatic rings. The SMILES string of the molecule is CC(=O)Nc1ccc([S+]([O-])NCCCNc2cc(-c3cccc(C)c3C)nc(N)n2)cc1. The Bertz CT molecular complexity index is 1070. The first-order chi connectivity index (χ1) is 15.3. The Labute approximate surface area is 191 Å². The Morgan fingerprint density at radius 1 is 1.09 bits per heavy atom. The van der Waals surface area contributed by atoms with Crippen LogP contribution in [0.25, 0.3) is 11.3 Å². The summed E-state index contributed by atoms with van der Waals surface area (Å²) in [5.41, 5.74) is 10.8. The summed E-state index contributed by atoms with van der Waals surface area (Å²) in [6, 6.07) is 14.9. The molecule has 0 radical (unpaired) electrons. The van der Waals surface area contributed by atoms with Gasteiger partial charge in [-0.1, -0.05) is 18.2 Å². The van der Waals surface area contributed by atoms with Crippen molar-refractivity contribution in [3.05, 3.63) is 59.7 Å². The molecule has 8 nitrogen and oxygen atoms in total. The Morgan fingerprint density at radius 3 is 2.56 bits per heavy atom. The lowest BCUT2D eigenvalue weighted by molar-refractivity contribution is -0.114. The molecule has 3 aromatic rings. The second-order valence-corrected chi connectivity index (χ2v) is 8.69. The number of hydrogen-bond acceptors (Lipinski definition) is 7. The van der Waals surface area contributed by atoms with Gasteiger partial charge in [-0.2, -0.15) is 4.98 Å². The van der Waals surface area contributed by atoms with E-state index in [9.17, 15) is 9.35 Å². The van der Waals surface area contributed by atoms with Crippen LogP contribution >= 0.6 is 0 Å². The molecule has 5 N–H and O–H groups in total. The first-order valence-electron chi connectivity index (χ1n) is 10.3. The molecule has 1 unspecified atom stereocenters. The zero-order chi connectivity index (χ0) is 23.1. The summed E-state index contributed by atoms with van der Waals surface area (Å²) in [5, 5.41) is 5.94. The number of anilines is 3. The van der Waals surface area contributed by atoms with E-state index in [1.165, 1.54) is 12.5 Å². The van der Waals surface area contributed by atoms with Gasteiger partial charge < -0.3 is 20.9 Å². The molecule has 1 atom stereocenters. The van der Waals surface area contributed by atoms with Crippen LogP contribution < -0.4 is 21.1 Å². The largest absolute Gasteiger partial charge is 0.593 e. The molecule has 9 heteroatoms. The number of carbonyl (C=O) groups excluding carboxylic acids is 1. The molecular weight excluding hydrogens is 424 g/mol. The van der Waals surface area contributed by atoms with Crippen molar-refractivity contribution in [1.82, 2.24) is 14.7 Å². The fourth-order valence-electron chi connectivity index (χ4n) is 3.14. The second kappa shape index (κ2) is 10.9. The average Bonchev–Trinajstić information content (AvgIpc) is 2.75. The molecule has 32 heavy (non-hydrogen) atoms. The molecule has 3 rings (SSSR count). The van der Waals surface area contributed by atoms with E-state index in [0.717, 1.165) is 23.2 Å². The van der Waals surface area contributed by atoms with Gasteiger partial charge in [-0.15, -0.1) is 4.72 Å². The van der Waals surface area contributed by atoms with E-state index in [0.29, 0.717) is 29.5 Å². The van der Waals surface area contributed by atoms with Crippen molar-refractivity contribution in [2.24, 2.45) is 0 Å². The topological polar surface area (TPSA) is 128 Å². The smallest absolute Gasteiger partial charge is 0.222 e. The van der Waals surface area contributed by atoms with Crippen LogP contribution in [0.1, 0.15) is 24.5 Å². The van der Waals surface area contributed by atoms with Crippen LogP contribution in [0.3, 0.4) is 0 Å². The van der Waals surface area contributed by atoms with Crippen molar-refractivity contribution < 1.29 is 9.35 Å². The molecule has 1 aromatic heterocycles. The lowest BCUT2D eigenvalue weighted by Crippen LogP contribution is -2.26. The first kappa shape index (κ1) is 23.5. The van der Waals surface area contributed by atoms with Gasteiger partial charge in [0.2, 0.25) is 11.9 Å². The highest BCUT2D eigenvalue weighted by atomic mass is 32.2. The number of carbonyl (C=O) groups is 1. The summed E-state index contributed by atoms with van der Waals surface area (Å²) in [4.78, 5) is 20.4. The number of rotatable bonds is 9. The maximum absolute atomic E-state index is 12.4. The molecule has 0 aliphatic carbocycles. The summed E-state index contributed by atoms with van der Waals surface area (Å²) < 4.78 is 15.4. The number of amides is 1. The Morgan fingerprint density at radius 2 is 1.84 bits per heavy atom. The molecule has 1 heterocycles. The fourth-order valence-corrected chi connectivity index (χ4v) is 4.02. The number of aromatic nitrogens is 2. The van der Waals surface area contributed by atoms with Gasteiger partial charge >= 0.3 is 0 Å². The highest BCUT2D eigenvalue weighted by Crippen LogP contribution is 2.26. The van der Waals surface area contributed by atoms with Crippen molar-refractivity contribution in [2.45, 2.75) is 32.1 Å². The number of nitrogens with two attached hydrogens (primary N) is 1. The zero-order valence-corrected chi connectivity index (χ0v) is 19.3. The van der Waals surface area contributed by atoms with E-state index in [1.54, 1.807) is 24.3 Å². The predicted octanol–water partition coefficient (Wildman–Crippen LogP) is 3.42. The highest BCUT2D eigenvalue weighted by molar-refractivity contribution is 7.89. The summed E-state index contributed by atoms with van der Waals surface area (Å²) in [6.45, 7) is 6.76. The van der Waals surface area contributed by atoms with Crippen LogP contribution in [0.4, 0.5) is 17.5 Å². The molecule has 0 spiro atoms. The van der Waals surface area contributed by atoms with E-state index in [2.05, 4.69) is 45.2 Å². The van der Waals surface area contributed by atoms with Gasteiger partial charge in [0.25, 0.3) is 0 Å². The van der Waals surface area contributed by atoms with E-state index >= 15 is 0 Å². The van der Waals surface area contributed by atoms with Gasteiger partial charge in [-0.05, 0) is 55.7 Å². The van der Waals surface area contributed by atoms with Crippen LogP contribution in [0.15, 0.2) is 53.4 Å². The third-order valence-corrected chi connectivity index (χ3v) is 6.07. The Balaban J connectivity index is 1.50. The third-order valence-electron chi connectivity index (χ3n) is 4.91. The summed E-state index contributed by atoms with van der Waals surface area (Å²) in [6.07, 6.45) is 0.735. The fraction of sp³-hybridized carbons (Fsp3) is 0.261.